The Labute approximate surface area is 202 Å². The first-order chi connectivity index (χ1) is 17.1. The number of methoxy groups -OCH3 is 1. The average molecular weight is 476 g/mol. The van der Waals surface area contributed by atoms with Crippen LogP contribution in [0.15, 0.2) is 53.3 Å². The highest BCUT2D eigenvalue weighted by atomic mass is 16.6. The number of amides is 2. The van der Waals surface area contributed by atoms with E-state index >= 15 is 0 Å². The number of benzene rings is 2. The van der Waals surface area contributed by atoms with Gasteiger partial charge in [0.2, 0.25) is 0 Å². The van der Waals surface area contributed by atoms with Gasteiger partial charge in [-0.15, -0.1) is 0 Å². The Morgan fingerprint density at radius 3 is 2.77 bits per heavy atom. The molecule has 2 amide bonds. The first kappa shape index (κ1) is 21.5. The van der Waals surface area contributed by atoms with Crippen LogP contribution in [-0.2, 0) is 0 Å². The van der Waals surface area contributed by atoms with Gasteiger partial charge in [-0.2, -0.15) is 0 Å². The van der Waals surface area contributed by atoms with Gasteiger partial charge >= 0.3 is 0 Å². The lowest BCUT2D eigenvalue weighted by molar-refractivity contribution is 0.0683. The van der Waals surface area contributed by atoms with Crippen LogP contribution < -0.4 is 19.5 Å². The minimum atomic E-state index is -0.249. The van der Waals surface area contributed by atoms with Gasteiger partial charge in [0, 0.05) is 18.2 Å². The fourth-order valence-electron chi connectivity index (χ4n) is 5.08. The number of piperidine rings is 1. The smallest absolute Gasteiger partial charge is 0.277 e. The minimum Gasteiger partial charge on any atom is -0.497 e. The lowest BCUT2D eigenvalue weighted by atomic mass is 10.1. The minimum absolute atomic E-state index is 0.118. The summed E-state index contributed by atoms with van der Waals surface area (Å²) in [6.45, 7) is 1.21. The molecule has 0 bridgehead atoms. The maximum atomic E-state index is 13.6. The number of para-hydroxylation sites is 1. The Morgan fingerprint density at radius 1 is 1.11 bits per heavy atom. The average Bonchev–Trinajstić information content (AvgIpc) is 3.32. The number of rotatable bonds is 6. The first-order valence-corrected chi connectivity index (χ1v) is 11.7. The summed E-state index contributed by atoms with van der Waals surface area (Å²) in [6.07, 6.45) is 3.12. The summed E-state index contributed by atoms with van der Waals surface area (Å²) in [7, 11) is 1.60. The van der Waals surface area contributed by atoms with Crippen LogP contribution in [-0.4, -0.2) is 60.7 Å². The monoisotopic (exact) mass is 475 g/mol. The maximum absolute atomic E-state index is 13.6. The summed E-state index contributed by atoms with van der Waals surface area (Å²) in [4.78, 5) is 32.7. The largest absolute Gasteiger partial charge is 0.497 e. The molecule has 0 radical (unpaired) electrons. The number of hydrogen-bond acceptors (Lipinski definition) is 7. The lowest BCUT2D eigenvalue weighted by Crippen LogP contribution is -2.45. The van der Waals surface area contributed by atoms with E-state index in [0.717, 1.165) is 18.4 Å². The van der Waals surface area contributed by atoms with Crippen molar-refractivity contribution in [3.63, 3.8) is 0 Å². The van der Waals surface area contributed by atoms with E-state index in [0.29, 0.717) is 54.2 Å². The van der Waals surface area contributed by atoms with Gasteiger partial charge in [-0.25, -0.2) is 4.98 Å². The van der Waals surface area contributed by atoms with E-state index in [1.54, 1.807) is 25.3 Å². The number of hydrogen-bond donors (Lipinski definition) is 1. The van der Waals surface area contributed by atoms with Gasteiger partial charge in [-0.05, 0) is 55.2 Å². The van der Waals surface area contributed by atoms with Crippen LogP contribution in [0.4, 0.5) is 0 Å². The van der Waals surface area contributed by atoms with E-state index in [-0.39, 0.29) is 29.6 Å². The van der Waals surface area contributed by atoms with Crippen molar-refractivity contribution in [2.75, 3.05) is 26.9 Å². The maximum Gasteiger partial charge on any atom is 0.277 e. The van der Waals surface area contributed by atoms with Crippen molar-refractivity contribution >= 4 is 11.8 Å². The molecule has 2 aromatic carbocycles. The number of nitrogens with zero attached hydrogens (tertiary/aromatic N) is 2. The van der Waals surface area contributed by atoms with Gasteiger partial charge in [0.1, 0.15) is 19.0 Å². The molecule has 1 saturated carbocycles. The molecule has 3 aliphatic rings. The lowest BCUT2D eigenvalue weighted by Gasteiger charge is -2.27. The molecule has 9 nitrogen and oxygen atoms in total. The van der Waals surface area contributed by atoms with Crippen molar-refractivity contribution in [1.82, 2.24) is 15.2 Å². The first-order valence-electron chi connectivity index (χ1n) is 11.7. The molecule has 2 aliphatic heterocycles. The molecule has 0 spiro atoms. The predicted molar refractivity (Wildman–Crippen MR) is 125 cm³/mol. The van der Waals surface area contributed by atoms with Gasteiger partial charge < -0.3 is 28.8 Å². The van der Waals surface area contributed by atoms with E-state index in [1.165, 1.54) is 6.39 Å². The van der Waals surface area contributed by atoms with Crippen LogP contribution in [0.1, 0.15) is 33.7 Å². The molecular formula is C26H25N3O6. The summed E-state index contributed by atoms with van der Waals surface area (Å²) in [6, 6.07) is 12.6. The second-order valence-corrected chi connectivity index (χ2v) is 8.96. The Kier molecular flexibility index (Phi) is 5.32. The summed E-state index contributed by atoms with van der Waals surface area (Å²) >= 11 is 0. The quantitative estimate of drug-likeness (QED) is 0.584. The molecular weight excluding hydrogens is 450 g/mol. The summed E-state index contributed by atoms with van der Waals surface area (Å²) in [5, 5.41) is 3.00. The molecule has 6 rings (SSSR count). The molecule has 1 aromatic heterocycles. The van der Waals surface area contributed by atoms with E-state index in [4.69, 9.17) is 18.6 Å². The molecule has 1 aliphatic carbocycles. The van der Waals surface area contributed by atoms with Crippen LogP contribution in [0.5, 0.6) is 17.2 Å². The van der Waals surface area contributed by atoms with Crippen molar-refractivity contribution < 1.29 is 28.2 Å². The fourth-order valence-corrected chi connectivity index (χ4v) is 5.08. The number of oxazole rings is 1. The second kappa shape index (κ2) is 8.65. The third-order valence-electron chi connectivity index (χ3n) is 6.88. The molecule has 2 fully saturated rings. The zero-order valence-electron chi connectivity index (χ0n) is 19.2. The number of nitrogens with one attached hydrogen (secondary N) is 1. The zero-order chi connectivity index (χ0) is 23.9. The van der Waals surface area contributed by atoms with E-state index in [2.05, 4.69) is 10.3 Å². The Hall–Kier alpha value is -4.01. The van der Waals surface area contributed by atoms with Gasteiger partial charge in [-0.1, -0.05) is 6.07 Å². The summed E-state index contributed by atoms with van der Waals surface area (Å²) in [5.74, 6) is 2.21. The number of aromatic nitrogens is 1. The predicted octanol–water partition coefficient (Wildman–Crippen LogP) is 3.15. The van der Waals surface area contributed by atoms with Gasteiger partial charge in [0.05, 0.1) is 18.7 Å². The molecule has 3 atom stereocenters. The molecule has 35 heavy (non-hydrogen) atoms. The molecule has 9 heteroatoms. The van der Waals surface area contributed by atoms with Crippen molar-refractivity contribution in [2.24, 2.45) is 5.92 Å². The van der Waals surface area contributed by atoms with Crippen LogP contribution >= 0.6 is 0 Å². The highest BCUT2D eigenvalue weighted by Crippen LogP contribution is 2.48. The van der Waals surface area contributed by atoms with Crippen LogP contribution in [0.3, 0.4) is 0 Å². The molecule has 0 unspecified atom stereocenters. The number of carbonyl (C=O) groups excluding carboxylic acids is 2. The zero-order valence-corrected chi connectivity index (χ0v) is 19.2. The SMILES string of the molecule is COc1ccc(-c2ocnc2C(=O)N2[C@H](CNC(=O)c3cccc4c3OCCO4)C[C@@H]3C[C@@H]32)cc1. The molecule has 3 heterocycles. The summed E-state index contributed by atoms with van der Waals surface area (Å²) < 4.78 is 22.1. The molecule has 1 N–H and O–H groups in total. The van der Waals surface area contributed by atoms with Crippen LogP contribution in [0.2, 0.25) is 0 Å². The van der Waals surface area contributed by atoms with E-state index in [9.17, 15) is 9.59 Å². The highest BCUT2D eigenvalue weighted by Gasteiger charge is 2.54. The topological polar surface area (TPSA) is 103 Å². The third kappa shape index (κ3) is 3.86. The number of fused-ring (bicyclic) bond motifs is 2. The molecule has 180 valence electrons. The van der Waals surface area contributed by atoms with Crippen molar-refractivity contribution in [3.8, 4) is 28.6 Å². The number of likely N-dealkylation sites (tertiary alicyclic amines) is 1. The fraction of sp³-hybridized carbons (Fsp3) is 0.346. The van der Waals surface area contributed by atoms with Crippen molar-refractivity contribution in [1.29, 1.82) is 0 Å². The van der Waals surface area contributed by atoms with Gasteiger partial charge in [-0.3, -0.25) is 9.59 Å². The van der Waals surface area contributed by atoms with Crippen LogP contribution in [0.25, 0.3) is 11.3 Å². The summed E-state index contributed by atoms with van der Waals surface area (Å²) in [5.41, 5.74) is 1.46. The van der Waals surface area contributed by atoms with Crippen LogP contribution in [0, 0.1) is 5.92 Å². The Morgan fingerprint density at radius 2 is 1.94 bits per heavy atom. The third-order valence-corrected chi connectivity index (χ3v) is 6.88. The normalized spacial score (nSPS) is 21.9. The standard InChI is InChI=1S/C26H25N3O6/c1-32-18-7-5-15(6-8-18)23-22(28-14-35-23)26(31)29-17(11-16-12-20(16)29)13-27-25(30)19-3-2-4-21-24(19)34-10-9-33-21/h2-8,14,16-17,20H,9-13H2,1H3,(H,27,30)/t16-,17+,20+/m1/s1. The molecule has 1 saturated heterocycles. The van der Waals surface area contributed by atoms with Crippen molar-refractivity contribution in [3.05, 3.63) is 60.1 Å². The second-order valence-electron chi connectivity index (χ2n) is 8.96. The van der Waals surface area contributed by atoms with E-state index < -0.39 is 0 Å². The van der Waals surface area contributed by atoms with Crippen molar-refractivity contribution in [2.45, 2.75) is 24.9 Å². The highest BCUT2D eigenvalue weighted by molar-refractivity contribution is 5.99. The number of carbonyl (C=O) groups is 2. The van der Waals surface area contributed by atoms with Gasteiger partial charge in [0.15, 0.2) is 29.3 Å². The number of ether oxygens (including phenoxy) is 3. The molecule has 3 aromatic rings. The van der Waals surface area contributed by atoms with Gasteiger partial charge in [0.25, 0.3) is 11.8 Å². The van der Waals surface area contributed by atoms with E-state index in [1.807, 2.05) is 29.2 Å². The Balaban J connectivity index is 1.18. The Bertz CT molecular complexity index is 1270.